The number of rotatable bonds is 8. The third-order valence-corrected chi connectivity index (χ3v) is 10.2. The minimum absolute atomic E-state index is 0.101. The highest BCUT2D eigenvalue weighted by molar-refractivity contribution is 7.93. The fraction of sp³-hybridized carbons (Fsp3) is 0.444. The molecule has 7 nitrogen and oxygen atoms in total. The summed E-state index contributed by atoms with van der Waals surface area (Å²) in [6, 6.07) is 11.7. The molecule has 1 N–H and O–H groups in total. The number of hydrogen-bond donors (Lipinski definition) is 1. The van der Waals surface area contributed by atoms with E-state index in [9.17, 15) is 21.6 Å². The SMILES string of the molecule is C[C@H](/C=C\S(C)(=O)=O)NC(=O)C1(F)CCN(S(=O)(=O)c2ccc(C3CCC3)cc2-c2ccccc2Cl)CC1. The van der Waals surface area contributed by atoms with Crippen molar-refractivity contribution in [3.8, 4) is 11.1 Å². The summed E-state index contributed by atoms with van der Waals surface area (Å²) in [5.41, 5.74) is -0.0661. The zero-order valence-electron chi connectivity index (χ0n) is 21.4. The molecule has 0 aromatic heterocycles. The van der Waals surface area contributed by atoms with Gasteiger partial charge >= 0.3 is 0 Å². The number of halogens is 2. The first kappa shape index (κ1) is 28.7. The van der Waals surface area contributed by atoms with Gasteiger partial charge in [-0.3, -0.25) is 4.79 Å². The molecule has 4 rings (SSSR count). The molecule has 1 atom stereocenters. The number of sulfone groups is 1. The van der Waals surface area contributed by atoms with Gasteiger partial charge in [-0.15, -0.1) is 0 Å². The summed E-state index contributed by atoms with van der Waals surface area (Å²) in [5.74, 6) is -0.495. The van der Waals surface area contributed by atoms with Gasteiger partial charge in [-0.25, -0.2) is 21.2 Å². The van der Waals surface area contributed by atoms with E-state index in [4.69, 9.17) is 11.6 Å². The Labute approximate surface area is 229 Å². The molecule has 0 spiro atoms. The first-order valence-electron chi connectivity index (χ1n) is 12.6. The number of amides is 1. The van der Waals surface area contributed by atoms with E-state index >= 15 is 4.39 Å². The highest BCUT2D eigenvalue weighted by Crippen LogP contribution is 2.42. The number of nitrogens with one attached hydrogen (secondary N) is 1. The number of piperidine rings is 1. The van der Waals surface area contributed by atoms with Crippen molar-refractivity contribution in [2.45, 2.75) is 61.6 Å². The molecule has 1 heterocycles. The molecule has 2 aromatic rings. The molecule has 2 fully saturated rings. The Morgan fingerprint density at radius 1 is 1.11 bits per heavy atom. The summed E-state index contributed by atoms with van der Waals surface area (Å²) in [4.78, 5) is 12.7. The van der Waals surface area contributed by atoms with Crippen LogP contribution < -0.4 is 5.32 Å². The summed E-state index contributed by atoms with van der Waals surface area (Å²) >= 11 is 6.47. The third kappa shape index (κ3) is 6.30. The lowest BCUT2D eigenvalue weighted by Crippen LogP contribution is -2.53. The highest BCUT2D eigenvalue weighted by atomic mass is 35.5. The minimum atomic E-state index is -4.01. The van der Waals surface area contributed by atoms with Gasteiger partial charge in [0.05, 0.1) is 4.90 Å². The lowest BCUT2D eigenvalue weighted by atomic mass is 9.79. The molecule has 1 amide bonds. The van der Waals surface area contributed by atoms with Crippen molar-refractivity contribution in [2.24, 2.45) is 0 Å². The molecule has 38 heavy (non-hydrogen) atoms. The molecular weight excluding hydrogens is 551 g/mol. The van der Waals surface area contributed by atoms with Crippen molar-refractivity contribution < 1.29 is 26.0 Å². The average molecular weight is 583 g/mol. The van der Waals surface area contributed by atoms with Gasteiger partial charge in [-0.05, 0) is 49.4 Å². The van der Waals surface area contributed by atoms with E-state index in [0.717, 1.165) is 36.5 Å². The van der Waals surface area contributed by atoms with Gasteiger partial charge < -0.3 is 5.32 Å². The normalized spacial score (nSPS) is 19.7. The van der Waals surface area contributed by atoms with Crippen LogP contribution in [0.3, 0.4) is 0 Å². The van der Waals surface area contributed by atoms with Crippen LogP contribution in [0.1, 0.15) is 50.5 Å². The predicted molar refractivity (Wildman–Crippen MR) is 147 cm³/mol. The standard InChI is InChI=1S/C27H32ClFN2O5S2/c1-19(12-17-37(2,33)34)30-26(32)27(29)13-15-31(16-14-27)38(35,36)25-11-10-21(20-6-5-7-20)18-23(25)22-8-3-4-9-24(22)28/h3-4,8-12,17-20H,5-7,13-16H2,1-2H3,(H,30,32)/b17-12-/t19-/m1/s1. The van der Waals surface area contributed by atoms with Gasteiger partial charge in [0.15, 0.2) is 15.5 Å². The number of benzene rings is 2. The van der Waals surface area contributed by atoms with Crippen molar-refractivity contribution in [3.05, 3.63) is 64.5 Å². The molecule has 1 aliphatic heterocycles. The van der Waals surface area contributed by atoms with Crippen molar-refractivity contribution in [2.75, 3.05) is 19.3 Å². The number of sulfonamides is 1. The molecule has 0 unspecified atom stereocenters. The number of carbonyl (C=O) groups is 1. The third-order valence-electron chi connectivity index (χ3n) is 7.26. The smallest absolute Gasteiger partial charge is 0.258 e. The number of nitrogens with zero attached hydrogens (tertiary/aromatic N) is 1. The summed E-state index contributed by atoms with van der Waals surface area (Å²) in [5, 5.41) is 3.85. The van der Waals surface area contributed by atoms with Crippen LogP contribution in [0, 0.1) is 0 Å². The molecule has 0 radical (unpaired) electrons. The molecule has 11 heteroatoms. The molecule has 1 saturated carbocycles. The Hall–Kier alpha value is -2.27. The van der Waals surface area contributed by atoms with Gasteiger partial charge in [0.2, 0.25) is 10.0 Å². The van der Waals surface area contributed by atoms with Gasteiger partial charge in [0.25, 0.3) is 5.91 Å². The molecular formula is C27H32ClFN2O5S2. The van der Waals surface area contributed by atoms with Gasteiger partial charge in [0.1, 0.15) is 0 Å². The van der Waals surface area contributed by atoms with Crippen LogP contribution in [0.2, 0.25) is 5.02 Å². The zero-order chi connectivity index (χ0) is 27.7. The van der Waals surface area contributed by atoms with Crippen LogP contribution in [-0.4, -0.2) is 58.1 Å². The second-order valence-electron chi connectivity index (χ2n) is 10.2. The molecule has 206 valence electrons. The summed E-state index contributed by atoms with van der Waals surface area (Å²) in [6.07, 6.45) is 4.91. The largest absolute Gasteiger partial charge is 0.347 e. The number of hydrogen-bond acceptors (Lipinski definition) is 5. The van der Waals surface area contributed by atoms with E-state index in [0.29, 0.717) is 22.1 Å². The Balaban J connectivity index is 1.55. The first-order chi connectivity index (χ1) is 17.8. The maximum absolute atomic E-state index is 15.6. The van der Waals surface area contributed by atoms with E-state index in [1.807, 2.05) is 12.1 Å². The summed E-state index contributed by atoms with van der Waals surface area (Å²) < 4.78 is 66.9. The molecule has 2 aromatic carbocycles. The van der Waals surface area contributed by atoms with Crippen molar-refractivity contribution in [1.82, 2.24) is 9.62 Å². The lowest BCUT2D eigenvalue weighted by Gasteiger charge is -2.35. The maximum Gasteiger partial charge on any atom is 0.258 e. The maximum atomic E-state index is 15.6. The van der Waals surface area contributed by atoms with Crippen LogP contribution in [-0.2, 0) is 24.7 Å². The quantitative estimate of drug-likeness (QED) is 0.480. The van der Waals surface area contributed by atoms with Crippen molar-refractivity contribution in [3.63, 3.8) is 0 Å². The Morgan fingerprint density at radius 2 is 1.76 bits per heavy atom. The second-order valence-corrected chi connectivity index (χ2v) is 14.4. The average Bonchev–Trinajstić information content (AvgIpc) is 2.82. The minimum Gasteiger partial charge on any atom is -0.347 e. The second kappa shape index (κ2) is 11.1. The lowest BCUT2D eigenvalue weighted by molar-refractivity contribution is -0.135. The molecule has 1 aliphatic carbocycles. The fourth-order valence-electron chi connectivity index (χ4n) is 4.75. The van der Waals surface area contributed by atoms with Gasteiger partial charge in [-0.1, -0.05) is 48.4 Å². The van der Waals surface area contributed by atoms with E-state index in [2.05, 4.69) is 5.32 Å². The van der Waals surface area contributed by atoms with Gasteiger partial charge in [-0.2, -0.15) is 4.31 Å². The first-order valence-corrected chi connectivity index (χ1v) is 16.3. The van der Waals surface area contributed by atoms with Crippen LogP contribution >= 0.6 is 11.6 Å². The Bertz CT molecular complexity index is 1450. The van der Waals surface area contributed by atoms with Gasteiger partial charge in [0, 0.05) is 59.8 Å². The number of alkyl halides is 1. The number of carbonyl (C=O) groups excluding carboxylic acids is 1. The van der Waals surface area contributed by atoms with E-state index in [1.54, 1.807) is 30.3 Å². The Morgan fingerprint density at radius 3 is 2.34 bits per heavy atom. The molecule has 0 bridgehead atoms. The fourth-order valence-corrected chi connectivity index (χ4v) is 7.14. The monoisotopic (exact) mass is 582 g/mol. The van der Waals surface area contributed by atoms with E-state index in [1.165, 1.54) is 17.3 Å². The van der Waals surface area contributed by atoms with Crippen LogP contribution in [0.5, 0.6) is 0 Å². The summed E-state index contributed by atoms with van der Waals surface area (Å²) in [7, 11) is -7.40. The van der Waals surface area contributed by atoms with Crippen LogP contribution in [0.4, 0.5) is 4.39 Å². The van der Waals surface area contributed by atoms with E-state index in [-0.39, 0.29) is 30.8 Å². The van der Waals surface area contributed by atoms with Crippen LogP contribution in [0.15, 0.2) is 58.8 Å². The topological polar surface area (TPSA) is 101 Å². The Kier molecular flexibility index (Phi) is 8.37. The van der Waals surface area contributed by atoms with Crippen LogP contribution in [0.25, 0.3) is 11.1 Å². The van der Waals surface area contributed by atoms with E-state index < -0.39 is 37.5 Å². The van der Waals surface area contributed by atoms with Crippen molar-refractivity contribution >= 4 is 37.4 Å². The predicted octanol–water partition coefficient (Wildman–Crippen LogP) is 4.83. The highest BCUT2D eigenvalue weighted by Gasteiger charge is 2.45. The zero-order valence-corrected chi connectivity index (χ0v) is 23.8. The summed E-state index contributed by atoms with van der Waals surface area (Å²) in [6.45, 7) is 1.18. The molecule has 2 aliphatic rings. The van der Waals surface area contributed by atoms with Crippen molar-refractivity contribution in [1.29, 1.82) is 0 Å². The molecule has 1 saturated heterocycles.